The molecule has 0 radical (unpaired) electrons. The number of benzene rings is 1. The number of halogens is 2. The Kier molecular flexibility index (Phi) is 5.06. The van der Waals surface area contributed by atoms with Gasteiger partial charge in [0, 0.05) is 14.9 Å². The standard InChI is InChI=1S/C16H20ClIN2S/c1-10(17)16-19-14-8-11(18)6-7-15(14)20(16)12-4-3-5-13(9-12)21-2/h6-8,10,12-13H,3-5,9H2,1-2H3. The van der Waals surface area contributed by atoms with E-state index in [1.807, 2.05) is 18.7 Å². The zero-order valence-electron chi connectivity index (χ0n) is 12.4. The number of aromatic nitrogens is 2. The third-order valence-electron chi connectivity index (χ3n) is 4.33. The molecule has 0 spiro atoms. The molecule has 2 aromatic rings. The van der Waals surface area contributed by atoms with E-state index in [2.05, 4.69) is 51.6 Å². The predicted octanol–water partition coefficient (Wildman–Crippen LogP) is 5.79. The number of hydrogen-bond donors (Lipinski definition) is 0. The van der Waals surface area contributed by atoms with Crippen LogP contribution < -0.4 is 0 Å². The van der Waals surface area contributed by atoms with Crippen LogP contribution in [0.25, 0.3) is 11.0 Å². The maximum Gasteiger partial charge on any atom is 0.127 e. The van der Waals surface area contributed by atoms with E-state index in [9.17, 15) is 0 Å². The first-order chi connectivity index (χ1) is 10.1. The fourth-order valence-corrected chi connectivity index (χ4v) is 4.77. The Balaban J connectivity index is 2.08. The zero-order valence-corrected chi connectivity index (χ0v) is 16.1. The van der Waals surface area contributed by atoms with Crippen molar-refractivity contribution in [1.82, 2.24) is 9.55 Å². The van der Waals surface area contributed by atoms with Gasteiger partial charge >= 0.3 is 0 Å². The minimum Gasteiger partial charge on any atom is -0.324 e. The second-order valence-corrected chi connectivity index (χ2v) is 8.81. The van der Waals surface area contributed by atoms with Crippen molar-refractivity contribution >= 4 is 57.0 Å². The molecule has 3 rings (SSSR count). The van der Waals surface area contributed by atoms with Crippen LogP contribution in [0.4, 0.5) is 0 Å². The highest BCUT2D eigenvalue weighted by Crippen LogP contribution is 2.38. The average Bonchev–Trinajstić information content (AvgIpc) is 2.86. The number of alkyl halides is 1. The van der Waals surface area contributed by atoms with Gasteiger partial charge in [-0.25, -0.2) is 4.98 Å². The smallest absolute Gasteiger partial charge is 0.127 e. The summed E-state index contributed by atoms with van der Waals surface area (Å²) in [4.78, 5) is 4.82. The van der Waals surface area contributed by atoms with Crippen LogP contribution in [0.3, 0.4) is 0 Å². The molecular formula is C16H20ClIN2S. The van der Waals surface area contributed by atoms with Crippen molar-refractivity contribution in [2.45, 2.75) is 49.3 Å². The fraction of sp³-hybridized carbons (Fsp3) is 0.562. The zero-order chi connectivity index (χ0) is 15.0. The molecule has 0 amide bonds. The van der Waals surface area contributed by atoms with Gasteiger partial charge in [0.2, 0.25) is 0 Å². The molecule has 5 heteroatoms. The summed E-state index contributed by atoms with van der Waals surface area (Å²) in [7, 11) is 0. The van der Waals surface area contributed by atoms with Crippen molar-refractivity contribution in [2.75, 3.05) is 6.26 Å². The summed E-state index contributed by atoms with van der Waals surface area (Å²) in [5.74, 6) is 1.03. The van der Waals surface area contributed by atoms with Gasteiger partial charge in [-0.3, -0.25) is 0 Å². The van der Waals surface area contributed by atoms with E-state index in [1.165, 1.54) is 34.8 Å². The summed E-state index contributed by atoms with van der Waals surface area (Å²) in [5.41, 5.74) is 2.32. The molecule has 3 atom stereocenters. The summed E-state index contributed by atoms with van der Waals surface area (Å²) in [5, 5.41) is 0.716. The summed E-state index contributed by atoms with van der Waals surface area (Å²) in [6.07, 6.45) is 7.34. The van der Waals surface area contributed by atoms with Crippen LogP contribution in [0.5, 0.6) is 0 Å². The molecule has 1 aliphatic carbocycles. The molecule has 0 N–H and O–H groups in total. The van der Waals surface area contributed by atoms with Crippen LogP contribution in [0.1, 0.15) is 49.9 Å². The lowest BCUT2D eigenvalue weighted by atomic mass is 9.94. The van der Waals surface area contributed by atoms with Crippen LogP contribution in [0, 0.1) is 3.57 Å². The SMILES string of the molecule is CSC1CCCC(n2c(C(C)Cl)nc3cc(I)ccc32)C1. The van der Waals surface area contributed by atoms with Crippen molar-refractivity contribution in [3.63, 3.8) is 0 Å². The highest BCUT2D eigenvalue weighted by atomic mass is 127. The maximum absolute atomic E-state index is 6.42. The Labute approximate surface area is 149 Å². The molecule has 1 aliphatic rings. The summed E-state index contributed by atoms with van der Waals surface area (Å²) in [6.45, 7) is 2.03. The normalized spacial score (nSPS) is 24.4. The van der Waals surface area contributed by atoms with Crippen molar-refractivity contribution in [3.8, 4) is 0 Å². The molecule has 1 aromatic carbocycles. The predicted molar refractivity (Wildman–Crippen MR) is 102 cm³/mol. The van der Waals surface area contributed by atoms with E-state index in [-0.39, 0.29) is 5.38 Å². The third-order valence-corrected chi connectivity index (χ3v) is 6.29. The van der Waals surface area contributed by atoms with E-state index >= 15 is 0 Å². The monoisotopic (exact) mass is 434 g/mol. The minimum atomic E-state index is -0.0512. The second kappa shape index (κ2) is 6.67. The summed E-state index contributed by atoms with van der Waals surface area (Å²) < 4.78 is 3.65. The molecule has 1 fully saturated rings. The molecule has 2 nitrogen and oxygen atoms in total. The number of nitrogens with zero attached hydrogens (tertiary/aromatic N) is 2. The van der Waals surface area contributed by atoms with Gasteiger partial charge in [0.1, 0.15) is 5.82 Å². The first-order valence-corrected chi connectivity index (χ1v) is 10.2. The second-order valence-electron chi connectivity index (χ2n) is 5.77. The Morgan fingerprint density at radius 2 is 2.24 bits per heavy atom. The number of imidazole rings is 1. The van der Waals surface area contributed by atoms with E-state index < -0.39 is 0 Å². The molecule has 114 valence electrons. The van der Waals surface area contributed by atoms with Crippen LogP contribution in [0.2, 0.25) is 0 Å². The number of rotatable bonds is 3. The van der Waals surface area contributed by atoms with E-state index in [1.54, 1.807) is 0 Å². The topological polar surface area (TPSA) is 17.8 Å². The van der Waals surface area contributed by atoms with Crippen molar-refractivity contribution < 1.29 is 0 Å². The van der Waals surface area contributed by atoms with Crippen molar-refractivity contribution in [3.05, 3.63) is 27.6 Å². The lowest BCUT2D eigenvalue weighted by molar-refractivity contribution is 0.360. The van der Waals surface area contributed by atoms with Crippen molar-refractivity contribution in [2.24, 2.45) is 0 Å². The average molecular weight is 435 g/mol. The Bertz CT molecular complexity index is 640. The molecule has 1 saturated carbocycles. The fourth-order valence-electron chi connectivity index (χ4n) is 3.32. The molecule has 1 aromatic heterocycles. The maximum atomic E-state index is 6.42. The highest BCUT2D eigenvalue weighted by molar-refractivity contribution is 14.1. The summed E-state index contributed by atoms with van der Waals surface area (Å²) >= 11 is 10.8. The first kappa shape index (κ1) is 15.9. The molecule has 0 saturated heterocycles. The summed E-state index contributed by atoms with van der Waals surface area (Å²) in [6, 6.07) is 7.07. The Morgan fingerprint density at radius 1 is 1.43 bits per heavy atom. The molecule has 1 heterocycles. The van der Waals surface area contributed by atoms with Gasteiger partial charge in [0.15, 0.2) is 0 Å². The largest absolute Gasteiger partial charge is 0.324 e. The number of hydrogen-bond acceptors (Lipinski definition) is 2. The molecule has 0 aliphatic heterocycles. The Morgan fingerprint density at radius 3 is 2.95 bits per heavy atom. The minimum absolute atomic E-state index is 0.0512. The number of fused-ring (bicyclic) bond motifs is 1. The van der Waals surface area contributed by atoms with Gasteiger partial charge in [-0.15, -0.1) is 11.6 Å². The third kappa shape index (κ3) is 3.22. The van der Waals surface area contributed by atoms with E-state index in [0.29, 0.717) is 6.04 Å². The van der Waals surface area contributed by atoms with Crippen LogP contribution in [-0.2, 0) is 0 Å². The van der Waals surface area contributed by atoms with Crippen molar-refractivity contribution in [1.29, 1.82) is 0 Å². The first-order valence-electron chi connectivity index (χ1n) is 7.44. The van der Waals surface area contributed by atoms with Gasteiger partial charge < -0.3 is 4.57 Å². The molecular weight excluding hydrogens is 415 g/mol. The number of thioether (sulfide) groups is 1. The molecule has 3 unspecified atom stereocenters. The molecule has 21 heavy (non-hydrogen) atoms. The quantitative estimate of drug-likeness (QED) is 0.449. The lowest BCUT2D eigenvalue weighted by Gasteiger charge is -2.31. The Hall–Kier alpha value is 0.0600. The van der Waals surface area contributed by atoms with Gasteiger partial charge in [0.05, 0.1) is 16.4 Å². The van der Waals surface area contributed by atoms with E-state index in [0.717, 1.165) is 16.6 Å². The van der Waals surface area contributed by atoms with Crippen LogP contribution in [-0.4, -0.2) is 21.1 Å². The lowest BCUT2D eigenvalue weighted by Crippen LogP contribution is -2.22. The van der Waals surface area contributed by atoms with Gasteiger partial charge in [-0.2, -0.15) is 11.8 Å². The highest BCUT2D eigenvalue weighted by Gasteiger charge is 2.27. The van der Waals surface area contributed by atoms with Crippen LogP contribution >= 0.6 is 46.0 Å². The van der Waals surface area contributed by atoms with Gasteiger partial charge in [0.25, 0.3) is 0 Å². The molecule has 0 bridgehead atoms. The van der Waals surface area contributed by atoms with Crippen LogP contribution in [0.15, 0.2) is 18.2 Å². The van der Waals surface area contributed by atoms with E-state index in [4.69, 9.17) is 16.6 Å². The van der Waals surface area contributed by atoms with Gasteiger partial charge in [-0.05, 0) is 73.2 Å². The van der Waals surface area contributed by atoms with Gasteiger partial charge in [-0.1, -0.05) is 6.42 Å².